The highest BCUT2D eigenvalue weighted by Crippen LogP contribution is 2.30. The highest BCUT2D eigenvalue weighted by Gasteiger charge is 2.29. The van der Waals surface area contributed by atoms with Crippen molar-refractivity contribution in [3.63, 3.8) is 0 Å². The smallest absolute Gasteiger partial charge is 0.263 e. The lowest BCUT2D eigenvalue weighted by Gasteiger charge is -2.25. The van der Waals surface area contributed by atoms with Crippen LogP contribution < -0.4 is 28.4 Å². The zero-order chi connectivity index (χ0) is 15.1. The van der Waals surface area contributed by atoms with Gasteiger partial charge in [0.1, 0.15) is 0 Å². The summed E-state index contributed by atoms with van der Waals surface area (Å²) in [6.07, 6.45) is 0. The lowest BCUT2D eigenvalue weighted by molar-refractivity contribution is -0.117. The van der Waals surface area contributed by atoms with Crippen molar-refractivity contribution in [1.82, 2.24) is 10.9 Å². The number of rotatable bonds is 2. The van der Waals surface area contributed by atoms with E-state index in [1.54, 1.807) is 0 Å². The number of hydrazone groups is 1. The maximum Gasteiger partial charge on any atom is 0.263 e. The Morgan fingerprint density at radius 3 is 2.40 bits per heavy atom. The van der Waals surface area contributed by atoms with Gasteiger partial charge in [-0.2, -0.15) is 5.10 Å². The molecule has 0 saturated carbocycles. The van der Waals surface area contributed by atoms with Gasteiger partial charge < -0.3 is 0 Å². The van der Waals surface area contributed by atoms with E-state index >= 15 is 0 Å². The molecule has 0 fully saturated rings. The molecule has 0 saturated heterocycles. The second kappa shape index (κ2) is 7.39. The van der Waals surface area contributed by atoms with Gasteiger partial charge in [-0.15, -0.1) is 0 Å². The molecule has 0 spiro atoms. The average molecular weight is 276 g/mol. The minimum absolute atomic E-state index is 0.156. The summed E-state index contributed by atoms with van der Waals surface area (Å²) in [4.78, 5) is 11.9. The third-order valence-electron chi connectivity index (χ3n) is 3.02. The van der Waals surface area contributed by atoms with E-state index in [1.165, 1.54) is 0 Å². The molecule has 1 aliphatic rings. The topological polar surface area (TPSA) is 132 Å². The maximum absolute atomic E-state index is 11.9. The van der Waals surface area contributed by atoms with Crippen molar-refractivity contribution in [2.24, 2.45) is 22.6 Å². The van der Waals surface area contributed by atoms with Crippen LogP contribution in [0.4, 0.5) is 0 Å². The normalized spacial score (nSPS) is 17.4. The number of amides is 1. The van der Waals surface area contributed by atoms with E-state index in [2.05, 4.69) is 27.6 Å². The molecule has 1 aromatic carbocycles. The summed E-state index contributed by atoms with van der Waals surface area (Å²) in [6.45, 7) is 3.71. The molecule has 0 bridgehead atoms. The largest absolute Gasteiger partial charge is 0.290 e. The van der Waals surface area contributed by atoms with Gasteiger partial charge in [0.15, 0.2) is 0 Å². The van der Waals surface area contributed by atoms with Gasteiger partial charge in [0, 0.05) is 11.4 Å². The van der Waals surface area contributed by atoms with E-state index in [-0.39, 0.29) is 11.8 Å². The van der Waals surface area contributed by atoms with Crippen molar-refractivity contribution in [3.8, 4) is 0 Å². The van der Waals surface area contributed by atoms with Gasteiger partial charge in [-0.1, -0.05) is 30.3 Å². The van der Waals surface area contributed by atoms with Crippen LogP contribution in [0, 0.1) is 0 Å². The van der Waals surface area contributed by atoms with Crippen molar-refractivity contribution in [2.45, 2.75) is 19.8 Å². The number of allylic oxidation sites excluding steroid dienone is 1. The first-order valence-electron chi connectivity index (χ1n) is 6.05. The molecule has 1 aromatic rings. The Morgan fingerprint density at radius 2 is 1.85 bits per heavy atom. The summed E-state index contributed by atoms with van der Waals surface area (Å²) in [5, 5.41) is 4.22. The molecule has 0 aromatic heterocycles. The van der Waals surface area contributed by atoms with E-state index in [1.807, 2.05) is 44.2 Å². The Balaban J connectivity index is 0.000000956. The van der Waals surface area contributed by atoms with E-state index in [0.29, 0.717) is 5.57 Å². The van der Waals surface area contributed by atoms with E-state index in [0.717, 1.165) is 17.0 Å². The zero-order valence-corrected chi connectivity index (χ0v) is 11.6. The summed E-state index contributed by atoms with van der Waals surface area (Å²) >= 11 is 0. The third-order valence-corrected chi connectivity index (χ3v) is 3.02. The average Bonchev–Trinajstić information content (AvgIpc) is 2.51. The number of hydrazine groups is 2. The minimum Gasteiger partial charge on any atom is -0.290 e. The first-order chi connectivity index (χ1) is 9.65. The SMILES string of the molecule is CC1=NNC(C)=C(C(=O)NN)C1c1ccccc1.NN. The predicted octanol–water partition coefficient (Wildman–Crippen LogP) is -0.168. The molecule has 1 amide bonds. The van der Waals surface area contributed by atoms with Gasteiger partial charge in [-0.3, -0.25) is 27.3 Å². The second-order valence-corrected chi connectivity index (χ2v) is 4.22. The Labute approximate surface area is 117 Å². The standard InChI is InChI=1S/C13H16N4O.H4N2/c1-8-11(10-6-4-3-5-7-10)12(13(18)15-14)9(2)17-16-8;1-2/h3-7,11,17H,14H2,1-2H3,(H,15,18);1-2H2. The Bertz CT molecular complexity index is 523. The van der Waals surface area contributed by atoms with Crippen molar-refractivity contribution < 1.29 is 4.79 Å². The lowest BCUT2D eigenvalue weighted by atomic mass is 9.85. The third kappa shape index (κ3) is 3.21. The van der Waals surface area contributed by atoms with Crippen LogP contribution in [0.1, 0.15) is 25.3 Å². The van der Waals surface area contributed by atoms with Crippen molar-refractivity contribution in [2.75, 3.05) is 0 Å². The molecule has 1 unspecified atom stereocenters. The molecule has 7 nitrogen and oxygen atoms in total. The second-order valence-electron chi connectivity index (χ2n) is 4.22. The molecule has 1 atom stereocenters. The number of nitrogens with two attached hydrogens (primary N) is 3. The molecule has 8 N–H and O–H groups in total. The van der Waals surface area contributed by atoms with Gasteiger partial charge in [0.25, 0.3) is 5.91 Å². The lowest BCUT2D eigenvalue weighted by Crippen LogP contribution is -2.38. The van der Waals surface area contributed by atoms with E-state index in [9.17, 15) is 4.79 Å². The molecule has 2 rings (SSSR count). The minimum atomic E-state index is -0.289. The molecule has 7 heteroatoms. The number of nitrogens with one attached hydrogen (secondary N) is 2. The highest BCUT2D eigenvalue weighted by atomic mass is 16.2. The van der Waals surface area contributed by atoms with Gasteiger partial charge >= 0.3 is 0 Å². The number of carbonyl (C=O) groups excluding carboxylic acids is 1. The fraction of sp³-hybridized carbons (Fsp3) is 0.231. The van der Waals surface area contributed by atoms with Gasteiger partial charge in [0.2, 0.25) is 0 Å². The van der Waals surface area contributed by atoms with Crippen LogP contribution in [0.2, 0.25) is 0 Å². The van der Waals surface area contributed by atoms with Crippen LogP contribution in [0.25, 0.3) is 0 Å². The van der Waals surface area contributed by atoms with Gasteiger partial charge in [0.05, 0.1) is 11.5 Å². The van der Waals surface area contributed by atoms with Crippen molar-refractivity contribution >= 4 is 11.6 Å². The Morgan fingerprint density at radius 1 is 1.25 bits per heavy atom. The molecule has 20 heavy (non-hydrogen) atoms. The molecule has 0 aliphatic carbocycles. The molecule has 108 valence electrons. The number of benzene rings is 1. The number of carbonyl (C=O) groups is 1. The Kier molecular flexibility index (Phi) is 5.85. The summed E-state index contributed by atoms with van der Waals surface area (Å²) < 4.78 is 0. The Hall–Kier alpha value is -2.22. The van der Waals surface area contributed by atoms with Crippen LogP contribution in [0.5, 0.6) is 0 Å². The molecule has 0 radical (unpaired) electrons. The molecule has 1 heterocycles. The van der Waals surface area contributed by atoms with E-state index < -0.39 is 0 Å². The predicted molar refractivity (Wildman–Crippen MR) is 78.8 cm³/mol. The highest BCUT2D eigenvalue weighted by molar-refractivity contribution is 6.05. The van der Waals surface area contributed by atoms with Crippen LogP contribution in [0.15, 0.2) is 46.7 Å². The van der Waals surface area contributed by atoms with Gasteiger partial charge in [-0.05, 0) is 19.4 Å². The van der Waals surface area contributed by atoms with E-state index in [4.69, 9.17) is 5.84 Å². The summed E-state index contributed by atoms with van der Waals surface area (Å²) in [5.74, 6) is 12.8. The molecular weight excluding hydrogens is 256 g/mol. The summed E-state index contributed by atoms with van der Waals surface area (Å²) in [7, 11) is 0. The number of nitrogens with zero attached hydrogens (tertiary/aromatic N) is 1. The fourth-order valence-corrected chi connectivity index (χ4v) is 2.15. The quantitative estimate of drug-likeness (QED) is 0.291. The fourth-order valence-electron chi connectivity index (χ4n) is 2.15. The van der Waals surface area contributed by atoms with Gasteiger partial charge in [-0.25, -0.2) is 5.84 Å². The molecule has 1 aliphatic heterocycles. The van der Waals surface area contributed by atoms with Crippen LogP contribution >= 0.6 is 0 Å². The van der Waals surface area contributed by atoms with Crippen LogP contribution in [-0.4, -0.2) is 11.6 Å². The van der Waals surface area contributed by atoms with Crippen LogP contribution in [-0.2, 0) is 4.79 Å². The van der Waals surface area contributed by atoms with Crippen molar-refractivity contribution in [1.29, 1.82) is 0 Å². The molecular formula is C13H20N6O. The number of hydrogen-bond acceptors (Lipinski definition) is 6. The first kappa shape index (κ1) is 15.8. The first-order valence-corrected chi connectivity index (χ1v) is 6.05. The number of hydrogen-bond donors (Lipinski definition) is 5. The van der Waals surface area contributed by atoms with Crippen LogP contribution in [0.3, 0.4) is 0 Å². The maximum atomic E-state index is 11.9. The zero-order valence-electron chi connectivity index (χ0n) is 11.6. The summed E-state index contributed by atoms with van der Waals surface area (Å²) in [6, 6.07) is 9.78. The monoisotopic (exact) mass is 276 g/mol. The summed E-state index contributed by atoms with van der Waals surface area (Å²) in [5.41, 5.74) is 8.23. The van der Waals surface area contributed by atoms with Crippen molar-refractivity contribution in [3.05, 3.63) is 47.2 Å².